The number of likely N-dealkylation sites (N-methyl/N-ethyl adjacent to an activating group) is 1. The molecule has 3 saturated heterocycles. The number of oxime groups is 1. The van der Waals surface area contributed by atoms with E-state index in [0.29, 0.717) is 34.3 Å². The molecular weight excluding hydrogens is 840 g/mol. The molecule has 0 saturated carbocycles. The summed E-state index contributed by atoms with van der Waals surface area (Å²) in [5.74, 6) is -5.70. The van der Waals surface area contributed by atoms with Gasteiger partial charge in [0.25, 0.3) is 5.67 Å². The van der Waals surface area contributed by atoms with Crippen LogP contribution >= 0.6 is 11.3 Å². The number of hydrogen-bond acceptors (Lipinski definition) is 17. The topological polar surface area (TPSA) is 227 Å². The molecule has 17 nitrogen and oxygen atoms in total. The molecule has 5 rings (SSSR count). The highest BCUT2D eigenvalue weighted by molar-refractivity contribution is 7.13. The Hall–Kier alpha value is -3.82. The van der Waals surface area contributed by atoms with Crippen LogP contribution < -0.4 is 5.73 Å². The lowest BCUT2D eigenvalue weighted by Crippen LogP contribution is -2.61. The van der Waals surface area contributed by atoms with E-state index in [2.05, 4.69) is 20.1 Å². The Morgan fingerprint density at radius 2 is 1.81 bits per heavy atom. The summed E-state index contributed by atoms with van der Waals surface area (Å²) in [6, 6.07) is 4.84. The molecule has 13 atom stereocenters. The molecular formula is C44H65FN6O11S. The van der Waals surface area contributed by atoms with Crippen LogP contribution in [0.4, 0.5) is 10.2 Å². The summed E-state index contributed by atoms with van der Waals surface area (Å²) in [4.78, 5) is 62.8. The number of pyridine rings is 1. The highest BCUT2D eigenvalue weighted by Gasteiger charge is 2.56. The number of nitrogens with two attached hydrogens (primary N) is 1. The number of aliphatic imine (C=N–C) groups is 1. The van der Waals surface area contributed by atoms with Gasteiger partial charge in [0.1, 0.15) is 40.0 Å². The van der Waals surface area contributed by atoms with E-state index in [4.69, 9.17) is 34.3 Å². The Morgan fingerprint density at radius 1 is 1.10 bits per heavy atom. The van der Waals surface area contributed by atoms with Crippen molar-refractivity contribution in [3.8, 4) is 10.7 Å². The van der Waals surface area contributed by atoms with Gasteiger partial charge in [-0.3, -0.25) is 9.59 Å². The maximum absolute atomic E-state index is 17.0. The van der Waals surface area contributed by atoms with Gasteiger partial charge in [-0.1, -0.05) is 45.8 Å². The molecule has 1 amide bonds. The molecule has 1 unspecified atom stereocenters. The van der Waals surface area contributed by atoms with Crippen LogP contribution in [0.2, 0.25) is 0 Å². The van der Waals surface area contributed by atoms with Crippen molar-refractivity contribution in [2.75, 3.05) is 33.0 Å². The van der Waals surface area contributed by atoms with Gasteiger partial charge in [0.05, 0.1) is 42.8 Å². The van der Waals surface area contributed by atoms with E-state index < -0.39 is 95.1 Å². The zero-order valence-electron chi connectivity index (χ0n) is 38.2. The predicted octanol–water partition coefficient (Wildman–Crippen LogP) is 4.70. The van der Waals surface area contributed by atoms with Gasteiger partial charge in [-0.25, -0.2) is 24.1 Å². The van der Waals surface area contributed by atoms with Crippen molar-refractivity contribution in [2.45, 2.75) is 154 Å². The number of amides is 1. The Bertz CT molecular complexity index is 2000. The molecule has 0 spiro atoms. The minimum absolute atomic E-state index is 0.00176. The number of carbonyl (C=O) groups is 3. The van der Waals surface area contributed by atoms with Gasteiger partial charge < -0.3 is 49.4 Å². The molecule has 19 heteroatoms. The number of alkyl halides is 1. The standard InChI is InChI=1S/C44H65FN6O11S/c1-12-31-44(9,56)38-25(5)34(49-33(52)13-2)23(3)18-42(7,58-20-27(19-57-38)50-59-21-28-22-63-39(47-28)29-15-14-16-32(46)48-29)37(26(6)36(54)43(8,45)41(55)61-31)62-40-35(53)30(51(10)11)17-24(4)60-40/h14-16,22-26,30-31,35,37-38,40,53,56H,12-13,17-21H2,1-11H3,(H2,46,48)/b49-34?,50-27+/t23-,24-,25+,26?,30+,31-,35-,37-,38-,40+,42-,43+,44-/m1/s1. The number of aromatic nitrogens is 2. The third kappa shape index (κ3) is 11.4. The number of esters is 1. The number of aliphatic hydroxyl groups is 2. The number of ketones is 1. The van der Waals surface area contributed by atoms with Crippen LogP contribution in [0.25, 0.3) is 10.7 Å². The fourth-order valence-corrected chi connectivity index (χ4v) is 9.67. The number of nitrogens with zero attached hydrogens (tertiary/aromatic N) is 5. The Labute approximate surface area is 372 Å². The molecule has 2 aromatic rings. The van der Waals surface area contributed by atoms with E-state index in [1.165, 1.54) is 25.2 Å². The summed E-state index contributed by atoms with van der Waals surface area (Å²) < 4.78 is 48.9. The highest BCUT2D eigenvalue weighted by atomic mass is 32.1. The van der Waals surface area contributed by atoms with Crippen LogP contribution in [0.1, 0.15) is 93.7 Å². The highest BCUT2D eigenvalue weighted by Crippen LogP contribution is 2.41. The first-order valence-corrected chi connectivity index (χ1v) is 22.5. The average molecular weight is 905 g/mol. The number of nitrogen functional groups attached to an aromatic ring is 1. The number of rotatable bonds is 9. The van der Waals surface area contributed by atoms with Crippen molar-refractivity contribution >= 4 is 46.2 Å². The number of fused-ring (bicyclic) bond motifs is 5. The molecule has 0 radical (unpaired) electrons. The quantitative estimate of drug-likeness (QED) is 0.176. The number of aliphatic hydroxyl groups excluding tert-OH is 1. The molecule has 0 aromatic carbocycles. The number of cyclic esters (lactones) is 1. The second-order valence-corrected chi connectivity index (χ2v) is 18.7. The zero-order valence-corrected chi connectivity index (χ0v) is 39.0. The number of halogens is 1. The van der Waals surface area contributed by atoms with Gasteiger partial charge in [-0.15, -0.1) is 11.3 Å². The lowest BCUT2D eigenvalue weighted by molar-refractivity contribution is -0.296. The number of ether oxygens (including phenoxy) is 5. The van der Waals surface area contributed by atoms with Crippen LogP contribution in [0.15, 0.2) is 33.7 Å². The van der Waals surface area contributed by atoms with Crippen LogP contribution in [0, 0.1) is 17.8 Å². The van der Waals surface area contributed by atoms with Crippen molar-refractivity contribution in [3.63, 3.8) is 0 Å². The van der Waals surface area contributed by atoms with Crippen LogP contribution in [-0.2, 0) is 49.5 Å². The molecule has 3 fully saturated rings. The second kappa shape index (κ2) is 20.6. The fourth-order valence-electron chi connectivity index (χ4n) is 8.90. The number of thiazole rings is 1. The molecule has 350 valence electrons. The first-order valence-electron chi connectivity index (χ1n) is 21.6. The van der Waals surface area contributed by atoms with E-state index in [1.54, 1.807) is 51.3 Å². The Kier molecular flexibility index (Phi) is 16.4. The summed E-state index contributed by atoms with van der Waals surface area (Å²) in [5.41, 5.74) is 0.692. The molecule has 3 aliphatic heterocycles. The first-order chi connectivity index (χ1) is 29.5. The van der Waals surface area contributed by atoms with E-state index in [-0.39, 0.29) is 44.8 Å². The van der Waals surface area contributed by atoms with Crippen LogP contribution in [-0.4, -0.2) is 141 Å². The van der Waals surface area contributed by atoms with Crippen LogP contribution in [0.5, 0.6) is 0 Å². The lowest BCUT2D eigenvalue weighted by atomic mass is 9.73. The van der Waals surface area contributed by atoms with Gasteiger partial charge in [-0.05, 0) is 79.1 Å². The summed E-state index contributed by atoms with van der Waals surface area (Å²) in [5, 5.41) is 31.0. The normalized spacial score (nSPS) is 37.6. The molecule has 63 heavy (non-hydrogen) atoms. The van der Waals surface area contributed by atoms with Gasteiger partial charge in [0, 0.05) is 35.4 Å². The molecule has 4 N–H and O–H groups in total. The third-order valence-corrected chi connectivity index (χ3v) is 13.3. The van der Waals surface area contributed by atoms with Crippen molar-refractivity contribution < 1.29 is 57.5 Å². The fraction of sp³-hybridized carbons (Fsp3) is 0.705. The SMILES string of the molecule is CCC(=O)N=C1[C@H](C)C[C@@]2(C)OC/C(=N/OCc3csc(-c4cccc(N)n4)n3)CO[C@H]([C@H]1C)[C@](C)(O)[C@@H](CC)OC(=O)[C@@](C)(F)C(=O)C(C)[C@H]2O[C@@H]1O[C@H](C)C[C@H](N(C)C)[C@H]1O. The number of anilines is 1. The number of carbonyl (C=O) groups excluding carboxylic acids is 3. The van der Waals surface area contributed by atoms with E-state index in [9.17, 15) is 24.6 Å². The molecule has 0 aliphatic carbocycles. The zero-order chi connectivity index (χ0) is 46.6. The Morgan fingerprint density at radius 3 is 2.46 bits per heavy atom. The summed E-state index contributed by atoms with van der Waals surface area (Å²) >= 11 is 1.35. The van der Waals surface area contributed by atoms with Gasteiger partial charge in [-0.2, -0.15) is 0 Å². The maximum atomic E-state index is 17.0. The maximum Gasteiger partial charge on any atom is 0.351 e. The van der Waals surface area contributed by atoms with Gasteiger partial charge in [0.2, 0.25) is 5.91 Å². The molecule has 3 aliphatic rings. The summed E-state index contributed by atoms with van der Waals surface area (Å²) in [7, 11) is 3.63. The molecule has 2 aromatic heterocycles. The van der Waals surface area contributed by atoms with E-state index in [0.717, 1.165) is 6.92 Å². The smallest absolute Gasteiger partial charge is 0.351 e. The summed E-state index contributed by atoms with van der Waals surface area (Å²) in [6.45, 7) is 13.3. The minimum atomic E-state index is -3.23. The van der Waals surface area contributed by atoms with E-state index in [1.807, 2.05) is 32.8 Å². The molecule has 2 bridgehead atoms. The van der Waals surface area contributed by atoms with Crippen molar-refractivity contribution in [1.29, 1.82) is 0 Å². The number of Topliss-reactive ketones (excluding diaryl/α,β-unsaturated/α-hetero) is 1. The largest absolute Gasteiger partial charge is 0.457 e. The average Bonchev–Trinajstić information content (AvgIpc) is 3.70. The van der Waals surface area contributed by atoms with Gasteiger partial charge >= 0.3 is 5.97 Å². The minimum Gasteiger partial charge on any atom is -0.457 e. The van der Waals surface area contributed by atoms with E-state index >= 15 is 4.39 Å². The van der Waals surface area contributed by atoms with Crippen molar-refractivity contribution in [1.82, 2.24) is 14.9 Å². The summed E-state index contributed by atoms with van der Waals surface area (Å²) in [6.07, 6.45) is -6.48. The van der Waals surface area contributed by atoms with Crippen molar-refractivity contribution in [3.05, 3.63) is 29.3 Å². The monoisotopic (exact) mass is 904 g/mol. The molecule has 5 heterocycles. The lowest BCUT2D eigenvalue weighted by Gasteiger charge is -2.47. The van der Waals surface area contributed by atoms with Gasteiger partial charge in [0.15, 0.2) is 18.7 Å². The van der Waals surface area contributed by atoms with Crippen molar-refractivity contribution in [2.24, 2.45) is 27.9 Å². The Balaban J connectivity index is 1.67. The van der Waals surface area contributed by atoms with Crippen LogP contribution in [0.3, 0.4) is 0 Å². The number of hydrogen-bond donors (Lipinski definition) is 3. The first kappa shape index (κ1) is 50.2. The third-order valence-electron chi connectivity index (χ3n) is 12.4. The second-order valence-electron chi connectivity index (χ2n) is 17.8. The predicted molar refractivity (Wildman–Crippen MR) is 234 cm³/mol.